The molecule has 1 unspecified atom stereocenters. The zero-order valence-corrected chi connectivity index (χ0v) is 14.7. The Kier molecular flexibility index (Phi) is 4.82. The van der Waals surface area contributed by atoms with Gasteiger partial charge in [0.2, 0.25) is 5.91 Å². The highest BCUT2D eigenvalue weighted by Gasteiger charge is 2.35. The quantitative estimate of drug-likeness (QED) is 0.849. The van der Waals surface area contributed by atoms with Gasteiger partial charge >= 0.3 is 0 Å². The topological polar surface area (TPSA) is 49.3 Å². The molecule has 0 saturated carbocycles. The minimum absolute atomic E-state index is 0.0592. The summed E-state index contributed by atoms with van der Waals surface area (Å²) in [6.07, 6.45) is 8.77. The van der Waals surface area contributed by atoms with E-state index in [1.165, 1.54) is 12.1 Å². The van der Waals surface area contributed by atoms with Gasteiger partial charge in [0.25, 0.3) is 0 Å². The zero-order valence-electron chi connectivity index (χ0n) is 14.7. The Balaban J connectivity index is 1.40. The molecule has 5 nitrogen and oxygen atoms in total. The highest BCUT2D eigenvalue weighted by molar-refractivity contribution is 5.80. The number of benzene rings is 1. The molecule has 1 aromatic heterocycles. The van der Waals surface area contributed by atoms with Crippen molar-refractivity contribution in [3.05, 3.63) is 54.2 Å². The number of piperidine rings is 1. The number of amides is 1. The van der Waals surface area contributed by atoms with E-state index in [4.69, 9.17) is 0 Å². The highest BCUT2D eigenvalue weighted by atomic mass is 19.1. The van der Waals surface area contributed by atoms with Gasteiger partial charge in [-0.25, -0.2) is 9.37 Å². The van der Waals surface area contributed by atoms with Crippen LogP contribution in [0.5, 0.6) is 0 Å². The predicted molar refractivity (Wildman–Crippen MR) is 97.1 cm³/mol. The zero-order chi connectivity index (χ0) is 17.9. The molecule has 26 heavy (non-hydrogen) atoms. The van der Waals surface area contributed by atoms with Gasteiger partial charge in [-0.15, -0.1) is 0 Å². The maximum Gasteiger partial charge on any atom is 0.226 e. The first kappa shape index (κ1) is 16.9. The third kappa shape index (κ3) is 3.41. The normalized spacial score (nSPS) is 21.2. The molecule has 2 fully saturated rings. The van der Waals surface area contributed by atoms with E-state index in [-0.39, 0.29) is 23.7 Å². The monoisotopic (exact) mass is 354 g/mol. The molecule has 1 aromatic carbocycles. The van der Waals surface area contributed by atoms with Gasteiger partial charge < -0.3 is 9.80 Å². The van der Waals surface area contributed by atoms with Crippen LogP contribution in [0.25, 0.3) is 0 Å². The van der Waals surface area contributed by atoms with Crippen molar-refractivity contribution in [3.63, 3.8) is 0 Å². The molecular formula is C20H23FN4O. The molecule has 3 heterocycles. The van der Waals surface area contributed by atoms with Crippen LogP contribution in [-0.4, -0.2) is 40.4 Å². The third-order valence-corrected chi connectivity index (χ3v) is 5.51. The molecule has 4 rings (SSSR count). The fraction of sp³-hybridized carbons (Fsp3) is 0.450. The number of aromatic nitrogens is 2. The molecule has 1 amide bonds. The van der Waals surface area contributed by atoms with Crippen LogP contribution in [0.1, 0.15) is 37.3 Å². The number of likely N-dealkylation sites (tertiary alicyclic amines) is 1. The first-order valence-corrected chi connectivity index (χ1v) is 9.29. The van der Waals surface area contributed by atoms with Crippen molar-refractivity contribution in [2.24, 2.45) is 5.92 Å². The van der Waals surface area contributed by atoms with Gasteiger partial charge in [-0.2, -0.15) is 0 Å². The van der Waals surface area contributed by atoms with Gasteiger partial charge in [0.05, 0.1) is 12.2 Å². The summed E-state index contributed by atoms with van der Waals surface area (Å²) in [7, 11) is 0. The molecule has 0 bridgehead atoms. The van der Waals surface area contributed by atoms with E-state index in [0.29, 0.717) is 0 Å². The van der Waals surface area contributed by atoms with Crippen molar-refractivity contribution in [1.82, 2.24) is 14.9 Å². The smallest absolute Gasteiger partial charge is 0.226 e. The Morgan fingerprint density at radius 1 is 1.04 bits per heavy atom. The minimum atomic E-state index is -0.235. The van der Waals surface area contributed by atoms with Crippen LogP contribution >= 0.6 is 0 Å². The molecule has 2 saturated heterocycles. The lowest BCUT2D eigenvalue weighted by Gasteiger charge is -2.35. The van der Waals surface area contributed by atoms with Crippen molar-refractivity contribution < 1.29 is 9.18 Å². The van der Waals surface area contributed by atoms with E-state index in [1.807, 2.05) is 17.0 Å². The number of halogens is 1. The molecule has 6 heteroatoms. The van der Waals surface area contributed by atoms with E-state index in [1.54, 1.807) is 18.6 Å². The Hall–Kier alpha value is -2.50. The molecule has 136 valence electrons. The lowest BCUT2D eigenvalue weighted by atomic mass is 9.94. The molecule has 2 aliphatic heterocycles. The van der Waals surface area contributed by atoms with Crippen LogP contribution in [-0.2, 0) is 4.79 Å². The van der Waals surface area contributed by atoms with E-state index >= 15 is 0 Å². The summed E-state index contributed by atoms with van der Waals surface area (Å²) in [5, 5.41) is 0. The van der Waals surface area contributed by atoms with E-state index in [0.717, 1.165) is 56.7 Å². The number of rotatable bonds is 3. The van der Waals surface area contributed by atoms with Crippen LogP contribution in [0.3, 0.4) is 0 Å². The van der Waals surface area contributed by atoms with Crippen LogP contribution < -0.4 is 4.90 Å². The average Bonchev–Trinajstić information content (AvgIpc) is 3.19. The number of hydrogen-bond acceptors (Lipinski definition) is 4. The molecule has 0 N–H and O–H groups in total. The summed E-state index contributed by atoms with van der Waals surface area (Å²) in [5.74, 6) is 0.948. The summed E-state index contributed by atoms with van der Waals surface area (Å²) >= 11 is 0. The molecule has 0 spiro atoms. The molecular weight excluding hydrogens is 331 g/mol. The second-order valence-corrected chi connectivity index (χ2v) is 7.07. The van der Waals surface area contributed by atoms with Crippen LogP contribution in [0.15, 0.2) is 42.9 Å². The molecule has 0 radical (unpaired) electrons. The van der Waals surface area contributed by atoms with Crippen LogP contribution in [0, 0.1) is 11.7 Å². The van der Waals surface area contributed by atoms with Gasteiger partial charge in [-0.1, -0.05) is 12.1 Å². The number of carbonyl (C=O) groups is 1. The lowest BCUT2D eigenvalue weighted by molar-refractivity contribution is -0.137. The molecule has 1 atom stereocenters. The van der Waals surface area contributed by atoms with Gasteiger partial charge in [0, 0.05) is 37.9 Å². The Morgan fingerprint density at radius 3 is 2.50 bits per heavy atom. The van der Waals surface area contributed by atoms with E-state index < -0.39 is 0 Å². The molecule has 0 aliphatic carbocycles. The van der Waals surface area contributed by atoms with E-state index in [2.05, 4.69) is 14.9 Å². The summed E-state index contributed by atoms with van der Waals surface area (Å²) in [4.78, 5) is 25.8. The highest BCUT2D eigenvalue weighted by Crippen LogP contribution is 2.35. The van der Waals surface area contributed by atoms with Crippen molar-refractivity contribution in [1.29, 1.82) is 0 Å². The average molecular weight is 354 g/mol. The third-order valence-electron chi connectivity index (χ3n) is 5.51. The standard InChI is InChI=1S/C20H23FN4O/c21-17-5-3-15(4-6-17)18-2-1-11-25(18)20(26)16-7-12-24(13-8-16)19-14-22-9-10-23-19/h3-6,9-10,14,16,18H,1-2,7-8,11-13H2. The van der Waals surface area contributed by atoms with Crippen molar-refractivity contribution >= 4 is 11.7 Å². The maximum absolute atomic E-state index is 13.2. The van der Waals surface area contributed by atoms with Crippen molar-refractivity contribution in [3.8, 4) is 0 Å². The lowest BCUT2D eigenvalue weighted by Crippen LogP contribution is -2.42. The van der Waals surface area contributed by atoms with Gasteiger partial charge in [-0.3, -0.25) is 9.78 Å². The van der Waals surface area contributed by atoms with Crippen molar-refractivity contribution in [2.45, 2.75) is 31.7 Å². The fourth-order valence-corrected chi connectivity index (χ4v) is 4.11. The van der Waals surface area contributed by atoms with E-state index in [9.17, 15) is 9.18 Å². The minimum Gasteiger partial charge on any atom is -0.355 e. The van der Waals surface area contributed by atoms with Gasteiger partial charge in [-0.05, 0) is 43.4 Å². The maximum atomic E-state index is 13.2. The number of nitrogens with zero attached hydrogens (tertiary/aromatic N) is 4. The second-order valence-electron chi connectivity index (χ2n) is 7.07. The van der Waals surface area contributed by atoms with Gasteiger partial charge in [0.1, 0.15) is 11.6 Å². The Bertz CT molecular complexity index is 744. The predicted octanol–water partition coefficient (Wildman–Crippen LogP) is 3.20. The fourth-order valence-electron chi connectivity index (χ4n) is 4.11. The first-order chi connectivity index (χ1) is 12.7. The summed E-state index contributed by atoms with van der Waals surface area (Å²) in [5.41, 5.74) is 1.04. The second kappa shape index (κ2) is 7.40. The Labute approximate surface area is 152 Å². The summed E-state index contributed by atoms with van der Waals surface area (Å²) < 4.78 is 13.2. The van der Waals surface area contributed by atoms with Crippen molar-refractivity contribution in [2.75, 3.05) is 24.5 Å². The van der Waals surface area contributed by atoms with Gasteiger partial charge in [0.15, 0.2) is 0 Å². The molecule has 2 aliphatic rings. The largest absolute Gasteiger partial charge is 0.355 e. The molecule has 2 aromatic rings. The van der Waals surface area contributed by atoms with Crippen LogP contribution in [0.4, 0.5) is 10.2 Å². The SMILES string of the molecule is O=C(C1CCN(c2cnccn2)CC1)N1CCCC1c1ccc(F)cc1. The summed E-state index contributed by atoms with van der Waals surface area (Å²) in [6.45, 7) is 2.44. The Morgan fingerprint density at radius 2 is 1.81 bits per heavy atom. The van der Waals surface area contributed by atoms with Crippen LogP contribution in [0.2, 0.25) is 0 Å². The summed E-state index contributed by atoms with van der Waals surface area (Å²) in [6, 6.07) is 6.66. The first-order valence-electron chi connectivity index (χ1n) is 9.29. The number of anilines is 1. The number of hydrogen-bond donors (Lipinski definition) is 0. The number of carbonyl (C=O) groups excluding carboxylic acids is 1.